The standard InChI is InChI=1S/C29H32N8O/c1-20(2)37-28-26(17-31-19-32-28)27(34-37)8-5-22-14-24(16-30-15-22)29(38)33-25-7-6-23(21(3)13-25)18-36-11-9-35(4)10-12-36/h6-7,13-17,19-20H,9-12,18H2,1-4H3,(H,33,38). The summed E-state index contributed by atoms with van der Waals surface area (Å²) in [5, 5.41) is 8.40. The number of nitrogens with one attached hydrogen (secondary N) is 1. The number of likely N-dealkylation sites (N-methyl/N-ethyl adjacent to an activating group) is 1. The normalized spacial score (nSPS) is 14.4. The number of aromatic nitrogens is 5. The van der Waals surface area contributed by atoms with E-state index in [1.807, 2.05) is 30.7 Å². The second-order valence-electron chi connectivity index (χ2n) is 10.0. The molecule has 1 fully saturated rings. The van der Waals surface area contributed by atoms with E-state index in [1.54, 1.807) is 24.7 Å². The van der Waals surface area contributed by atoms with Crippen molar-refractivity contribution in [1.82, 2.24) is 34.5 Å². The Balaban J connectivity index is 1.29. The van der Waals surface area contributed by atoms with Gasteiger partial charge in [-0.3, -0.25) is 14.7 Å². The van der Waals surface area contributed by atoms with Crippen LogP contribution in [-0.4, -0.2) is 73.7 Å². The molecule has 1 N–H and O–H groups in total. The van der Waals surface area contributed by atoms with Crippen molar-refractivity contribution >= 4 is 22.6 Å². The van der Waals surface area contributed by atoms with E-state index < -0.39 is 0 Å². The molecule has 1 aliphatic heterocycles. The predicted molar refractivity (Wildman–Crippen MR) is 148 cm³/mol. The summed E-state index contributed by atoms with van der Waals surface area (Å²) in [6.07, 6.45) is 6.42. The van der Waals surface area contributed by atoms with Gasteiger partial charge in [0.05, 0.1) is 10.9 Å². The Morgan fingerprint density at radius 2 is 1.87 bits per heavy atom. The van der Waals surface area contributed by atoms with Crippen LogP contribution in [-0.2, 0) is 6.54 Å². The van der Waals surface area contributed by atoms with Crippen molar-refractivity contribution in [3.8, 4) is 11.8 Å². The average molecular weight is 509 g/mol. The molecular formula is C29H32N8O. The number of nitrogens with zero attached hydrogens (tertiary/aromatic N) is 7. The SMILES string of the molecule is Cc1cc(NC(=O)c2cncc(C#Cc3nn(C(C)C)c4ncncc34)c2)ccc1CN1CCN(C)CC1. The number of pyridine rings is 1. The molecule has 9 heteroatoms. The molecule has 5 rings (SSSR count). The highest BCUT2D eigenvalue weighted by atomic mass is 16.1. The number of hydrogen-bond acceptors (Lipinski definition) is 7. The molecule has 4 heterocycles. The van der Waals surface area contributed by atoms with Gasteiger partial charge in [-0.2, -0.15) is 5.10 Å². The van der Waals surface area contributed by atoms with E-state index >= 15 is 0 Å². The fourth-order valence-electron chi connectivity index (χ4n) is 4.50. The molecule has 1 aromatic carbocycles. The van der Waals surface area contributed by atoms with Gasteiger partial charge in [0.15, 0.2) is 5.65 Å². The van der Waals surface area contributed by atoms with Crippen LogP contribution >= 0.6 is 0 Å². The molecule has 0 aliphatic carbocycles. The molecule has 1 saturated heterocycles. The molecular weight excluding hydrogens is 476 g/mol. The van der Waals surface area contributed by atoms with E-state index in [9.17, 15) is 4.79 Å². The van der Waals surface area contributed by atoms with Crippen LogP contribution in [0.4, 0.5) is 5.69 Å². The first-order chi connectivity index (χ1) is 18.4. The largest absolute Gasteiger partial charge is 0.322 e. The topological polar surface area (TPSA) is 92.1 Å². The monoisotopic (exact) mass is 508 g/mol. The number of carbonyl (C=O) groups is 1. The van der Waals surface area contributed by atoms with Gasteiger partial charge < -0.3 is 10.2 Å². The summed E-state index contributed by atoms with van der Waals surface area (Å²) < 4.78 is 1.83. The summed E-state index contributed by atoms with van der Waals surface area (Å²) in [5.41, 5.74) is 5.61. The van der Waals surface area contributed by atoms with Crippen molar-refractivity contribution in [3.05, 3.63) is 77.1 Å². The minimum atomic E-state index is -0.227. The molecule has 194 valence electrons. The van der Waals surface area contributed by atoms with E-state index in [0.29, 0.717) is 16.8 Å². The van der Waals surface area contributed by atoms with E-state index in [4.69, 9.17) is 0 Å². The summed E-state index contributed by atoms with van der Waals surface area (Å²) in [7, 11) is 2.16. The van der Waals surface area contributed by atoms with Crippen molar-refractivity contribution in [2.24, 2.45) is 0 Å². The van der Waals surface area contributed by atoms with Gasteiger partial charge in [0, 0.05) is 68.6 Å². The molecule has 1 amide bonds. The number of benzene rings is 1. The first-order valence-electron chi connectivity index (χ1n) is 12.8. The van der Waals surface area contributed by atoms with Crippen molar-refractivity contribution in [2.45, 2.75) is 33.4 Å². The van der Waals surface area contributed by atoms with E-state index in [0.717, 1.165) is 55.0 Å². The molecule has 0 radical (unpaired) electrons. The van der Waals surface area contributed by atoms with Crippen LogP contribution < -0.4 is 5.32 Å². The Morgan fingerprint density at radius 3 is 2.63 bits per heavy atom. The fraction of sp³-hybridized carbons (Fsp3) is 0.345. The predicted octanol–water partition coefficient (Wildman–Crippen LogP) is 3.51. The summed E-state index contributed by atoms with van der Waals surface area (Å²) in [6, 6.07) is 7.97. The van der Waals surface area contributed by atoms with Crippen LogP contribution in [0.15, 0.2) is 49.2 Å². The smallest absolute Gasteiger partial charge is 0.257 e. The van der Waals surface area contributed by atoms with Gasteiger partial charge in [0.1, 0.15) is 12.0 Å². The number of fused-ring (bicyclic) bond motifs is 1. The molecule has 3 aromatic heterocycles. The van der Waals surface area contributed by atoms with Gasteiger partial charge in [0.25, 0.3) is 5.91 Å². The molecule has 38 heavy (non-hydrogen) atoms. The Kier molecular flexibility index (Phi) is 7.45. The summed E-state index contributed by atoms with van der Waals surface area (Å²) in [6.45, 7) is 11.4. The molecule has 4 aromatic rings. The van der Waals surface area contributed by atoms with Crippen LogP contribution in [0, 0.1) is 18.8 Å². The maximum absolute atomic E-state index is 13.0. The lowest BCUT2D eigenvalue weighted by Gasteiger charge is -2.32. The second-order valence-corrected chi connectivity index (χ2v) is 10.0. The zero-order valence-electron chi connectivity index (χ0n) is 22.3. The molecule has 9 nitrogen and oxygen atoms in total. The average Bonchev–Trinajstić information content (AvgIpc) is 3.29. The number of rotatable bonds is 5. The van der Waals surface area contributed by atoms with Gasteiger partial charge in [0.2, 0.25) is 0 Å². The van der Waals surface area contributed by atoms with Crippen LogP contribution in [0.3, 0.4) is 0 Å². The van der Waals surface area contributed by atoms with Crippen molar-refractivity contribution in [2.75, 3.05) is 38.5 Å². The number of piperazine rings is 1. The number of anilines is 1. The molecule has 1 aliphatic rings. The summed E-state index contributed by atoms with van der Waals surface area (Å²) >= 11 is 0. The first kappa shape index (κ1) is 25.5. The molecule has 0 spiro atoms. The van der Waals surface area contributed by atoms with Gasteiger partial charge >= 0.3 is 0 Å². The van der Waals surface area contributed by atoms with Crippen molar-refractivity contribution < 1.29 is 4.79 Å². The second kappa shape index (κ2) is 11.1. The number of hydrogen-bond donors (Lipinski definition) is 1. The highest BCUT2D eigenvalue weighted by Gasteiger charge is 2.16. The molecule has 0 atom stereocenters. The minimum absolute atomic E-state index is 0.140. The third-order valence-electron chi connectivity index (χ3n) is 6.78. The molecule has 0 bridgehead atoms. The summed E-state index contributed by atoms with van der Waals surface area (Å²) in [5.74, 6) is 5.97. The van der Waals surface area contributed by atoms with Crippen LogP contribution in [0.1, 0.15) is 52.6 Å². The maximum Gasteiger partial charge on any atom is 0.257 e. The van der Waals surface area contributed by atoms with Crippen LogP contribution in [0.2, 0.25) is 0 Å². The van der Waals surface area contributed by atoms with Crippen molar-refractivity contribution in [3.63, 3.8) is 0 Å². The fourth-order valence-corrected chi connectivity index (χ4v) is 4.50. The van der Waals surface area contributed by atoms with E-state index in [-0.39, 0.29) is 11.9 Å². The van der Waals surface area contributed by atoms with Gasteiger partial charge in [-0.25, -0.2) is 14.6 Å². The summed E-state index contributed by atoms with van der Waals surface area (Å²) in [4.78, 5) is 30.5. The lowest BCUT2D eigenvalue weighted by molar-refractivity contribution is 0.102. The van der Waals surface area contributed by atoms with Gasteiger partial charge in [-0.15, -0.1) is 0 Å². The lowest BCUT2D eigenvalue weighted by atomic mass is 10.1. The number of amides is 1. The quantitative estimate of drug-likeness (QED) is 0.413. The Morgan fingerprint density at radius 1 is 1.05 bits per heavy atom. The van der Waals surface area contributed by atoms with Crippen LogP contribution in [0.25, 0.3) is 11.0 Å². The zero-order valence-corrected chi connectivity index (χ0v) is 22.3. The highest BCUT2D eigenvalue weighted by molar-refractivity contribution is 6.04. The number of aryl methyl sites for hydroxylation is 1. The zero-order chi connectivity index (χ0) is 26.6. The minimum Gasteiger partial charge on any atom is -0.322 e. The van der Waals surface area contributed by atoms with E-state index in [2.05, 4.69) is 67.0 Å². The van der Waals surface area contributed by atoms with Crippen molar-refractivity contribution in [1.29, 1.82) is 0 Å². The third-order valence-corrected chi connectivity index (χ3v) is 6.78. The Labute approximate surface area is 222 Å². The lowest BCUT2D eigenvalue weighted by Crippen LogP contribution is -2.43. The van der Waals surface area contributed by atoms with E-state index in [1.165, 1.54) is 11.9 Å². The maximum atomic E-state index is 13.0. The molecule has 0 unspecified atom stereocenters. The van der Waals surface area contributed by atoms with Gasteiger partial charge in [-0.05, 0) is 63.1 Å². The Bertz CT molecular complexity index is 1520. The third kappa shape index (κ3) is 5.72. The van der Waals surface area contributed by atoms with Gasteiger partial charge in [-0.1, -0.05) is 12.0 Å². The van der Waals surface area contributed by atoms with Crippen LogP contribution in [0.5, 0.6) is 0 Å². The molecule has 0 saturated carbocycles. The first-order valence-corrected chi connectivity index (χ1v) is 12.8. The number of carbonyl (C=O) groups excluding carboxylic acids is 1. The highest BCUT2D eigenvalue weighted by Crippen LogP contribution is 2.20. The Hall–Kier alpha value is -4.13.